The smallest absolute Gasteiger partial charge is 0.295 e. The molecule has 0 aromatic heterocycles. The molecular formula is C25H28Cl2N2O6. The van der Waals surface area contributed by atoms with Crippen LogP contribution in [0, 0.1) is 0 Å². The van der Waals surface area contributed by atoms with E-state index in [1.807, 2.05) is 25.9 Å². The second-order valence-electron chi connectivity index (χ2n) is 8.09. The molecule has 1 heterocycles. The minimum Gasteiger partial charge on any atom is -0.507 e. The van der Waals surface area contributed by atoms with E-state index in [1.54, 1.807) is 24.3 Å². The summed E-state index contributed by atoms with van der Waals surface area (Å²) in [4.78, 5) is 29.7. The molecule has 1 saturated heterocycles. The molecule has 3 rings (SSSR count). The van der Waals surface area contributed by atoms with Crippen LogP contribution in [0.3, 0.4) is 0 Å². The summed E-state index contributed by atoms with van der Waals surface area (Å²) in [5.41, 5.74) is 0.581. The zero-order valence-corrected chi connectivity index (χ0v) is 21.7. The number of aliphatic hydroxyl groups is 1. The maximum Gasteiger partial charge on any atom is 0.295 e. The van der Waals surface area contributed by atoms with Crippen molar-refractivity contribution in [3.05, 3.63) is 57.1 Å². The number of amides is 1. The van der Waals surface area contributed by atoms with Crippen molar-refractivity contribution in [2.75, 3.05) is 48.0 Å². The Kier molecular flexibility index (Phi) is 8.53. The average molecular weight is 523 g/mol. The highest BCUT2D eigenvalue weighted by atomic mass is 35.5. The van der Waals surface area contributed by atoms with Gasteiger partial charge in [0.05, 0.1) is 43.0 Å². The normalized spacial score (nSPS) is 17.3. The highest BCUT2D eigenvalue weighted by molar-refractivity contribution is 6.47. The van der Waals surface area contributed by atoms with Crippen LogP contribution in [-0.2, 0) is 9.59 Å². The number of aliphatic hydroxyl groups excluding tert-OH is 1. The monoisotopic (exact) mass is 522 g/mol. The summed E-state index contributed by atoms with van der Waals surface area (Å²) in [5.74, 6) is -1.19. The number of ketones is 1. The first-order chi connectivity index (χ1) is 16.7. The molecule has 8 nitrogen and oxygen atoms in total. The second kappa shape index (κ2) is 11.2. The Labute approximate surface area is 214 Å². The Balaban J connectivity index is 2.27. The summed E-state index contributed by atoms with van der Waals surface area (Å²) in [5, 5.41) is 11.6. The summed E-state index contributed by atoms with van der Waals surface area (Å²) < 4.78 is 16.3. The molecule has 2 aromatic rings. The lowest BCUT2D eigenvalue weighted by Gasteiger charge is -2.27. The van der Waals surface area contributed by atoms with Gasteiger partial charge in [0.2, 0.25) is 0 Å². The number of rotatable bonds is 9. The van der Waals surface area contributed by atoms with Gasteiger partial charge in [0.15, 0.2) is 11.5 Å². The van der Waals surface area contributed by atoms with Gasteiger partial charge >= 0.3 is 0 Å². The van der Waals surface area contributed by atoms with Crippen molar-refractivity contribution in [3.63, 3.8) is 0 Å². The summed E-state index contributed by atoms with van der Waals surface area (Å²) >= 11 is 12.7. The molecule has 1 aliphatic heterocycles. The summed E-state index contributed by atoms with van der Waals surface area (Å²) in [6.45, 7) is 3.08. The predicted octanol–water partition coefficient (Wildman–Crippen LogP) is 4.39. The first-order valence-electron chi connectivity index (χ1n) is 10.9. The summed E-state index contributed by atoms with van der Waals surface area (Å²) in [6.07, 6.45) is 0. The van der Waals surface area contributed by atoms with Crippen LogP contribution >= 0.6 is 23.2 Å². The largest absolute Gasteiger partial charge is 0.507 e. The Morgan fingerprint density at radius 2 is 1.80 bits per heavy atom. The minimum atomic E-state index is -0.861. The highest BCUT2D eigenvalue weighted by Gasteiger charge is 2.46. The number of ether oxygens (including phenoxy) is 3. The van der Waals surface area contributed by atoms with E-state index >= 15 is 0 Å². The standard InChI is InChI=1S/C25H28Cl2N2O6/c1-6-35-15-9-7-8-14(12-15)20-18(22(31)25(32)29(20)11-10-28(2)3)21(30)16-13-17(26)24(34-5)19(27)23(16)33-4/h7-9,12-13,20,30H,6,10-11H2,1-5H3/b21-18+. The van der Waals surface area contributed by atoms with Crippen molar-refractivity contribution < 1.29 is 28.9 Å². The van der Waals surface area contributed by atoms with E-state index in [0.717, 1.165) is 0 Å². The zero-order valence-electron chi connectivity index (χ0n) is 20.2. The number of carbonyl (C=O) groups excluding carboxylic acids is 2. The SMILES string of the molecule is CCOc1cccc(C2/C(=C(\O)c3cc(Cl)c(OC)c(Cl)c3OC)C(=O)C(=O)N2CCN(C)C)c1. The van der Waals surface area contributed by atoms with Crippen LogP contribution in [0.4, 0.5) is 0 Å². The Morgan fingerprint density at radius 1 is 1.11 bits per heavy atom. The summed E-state index contributed by atoms with van der Waals surface area (Å²) in [7, 11) is 6.50. The van der Waals surface area contributed by atoms with Gasteiger partial charge in [-0.25, -0.2) is 0 Å². The van der Waals surface area contributed by atoms with Gasteiger partial charge in [-0.2, -0.15) is 0 Å². The molecule has 1 unspecified atom stereocenters. The zero-order chi connectivity index (χ0) is 25.9. The van der Waals surface area contributed by atoms with Gasteiger partial charge in [-0.15, -0.1) is 0 Å². The molecule has 1 amide bonds. The lowest BCUT2D eigenvalue weighted by molar-refractivity contribution is -0.140. The number of likely N-dealkylation sites (tertiary alicyclic amines) is 1. The fourth-order valence-electron chi connectivity index (χ4n) is 4.00. The topological polar surface area (TPSA) is 88.5 Å². The van der Waals surface area contributed by atoms with E-state index in [9.17, 15) is 14.7 Å². The quantitative estimate of drug-likeness (QED) is 0.296. The number of hydrogen-bond donors (Lipinski definition) is 1. The Bertz CT molecular complexity index is 1160. The van der Waals surface area contributed by atoms with Gasteiger partial charge in [-0.3, -0.25) is 9.59 Å². The molecule has 0 radical (unpaired) electrons. The van der Waals surface area contributed by atoms with Crippen LogP contribution in [0.1, 0.15) is 24.1 Å². The Morgan fingerprint density at radius 3 is 2.40 bits per heavy atom. The molecule has 0 aliphatic carbocycles. The van der Waals surface area contributed by atoms with Crippen molar-refractivity contribution in [1.29, 1.82) is 0 Å². The molecule has 0 saturated carbocycles. The number of halogens is 2. The molecule has 2 aromatic carbocycles. The van der Waals surface area contributed by atoms with Gasteiger partial charge in [-0.05, 0) is 44.8 Å². The maximum absolute atomic E-state index is 13.3. The van der Waals surface area contributed by atoms with Crippen LogP contribution in [0.25, 0.3) is 5.76 Å². The molecule has 35 heavy (non-hydrogen) atoms. The van der Waals surface area contributed by atoms with Crippen LogP contribution in [0.5, 0.6) is 17.2 Å². The third-order valence-corrected chi connectivity index (χ3v) is 6.23. The van der Waals surface area contributed by atoms with E-state index in [1.165, 1.54) is 25.2 Å². The highest BCUT2D eigenvalue weighted by Crippen LogP contribution is 2.47. The minimum absolute atomic E-state index is 0.0285. The lowest BCUT2D eigenvalue weighted by Crippen LogP contribution is -2.35. The fourth-order valence-corrected chi connectivity index (χ4v) is 4.68. The van der Waals surface area contributed by atoms with Crippen LogP contribution in [0.2, 0.25) is 10.0 Å². The molecule has 10 heteroatoms. The van der Waals surface area contributed by atoms with E-state index in [4.69, 9.17) is 37.4 Å². The van der Waals surface area contributed by atoms with Gasteiger partial charge in [-0.1, -0.05) is 35.3 Å². The number of Topliss-reactive ketones (excluding diaryl/α,β-unsaturated/α-hetero) is 1. The molecule has 1 N–H and O–H groups in total. The van der Waals surface area contributed by atoms with Crippen molar-refractivity contribution in [3.8, 4) is 17.2 Å². The van der Waals surface area contributed by atoms with Crippen LogP contribution in [0.15, 0.2) is 35.9 Å². The summed E-state index contributed by atoms with van der Waals surface area (Å²) in [6, 6.07) is 7.61. The number of hydrogen-bond acceptors (Lipinski definition) is 7. The number of nitrogens with zero attached hydrogens (tertiary/aromatic N) is 2. The lowest BCUT2D eigenvalue weighted by atomic mass is 9.94. The molecule has 1 aliphatic rings. The van der Waals surface area contributed by atoms with E-state index < -0.39 is 23.5 Å². The van der Waals surface area contributed by atoms with Crippen molar-refractivity contribution >= 4 is 40.7 Å². The van der Waals surface area contributed by atoms with Gasteiger partial charge in [0.25, 0.3) is 11.7 Å². The molecule has 188 valence electrons. The van der Waals surface area contributed by atoms with Crippen LogP contribution in [-0.4, -0.2) is 74.6 Å². The van der Waals surface area contributed by atoms with Gasteiger partial charge in [0, 0.05) is 13.1 Å². The van der Waals surface area contributed by atoms with E-state index in [-0.39, 0.29) is 39.2 Å². The van der Waals surface area contributed by atoms with Crippen LogP contribution < -0.4 is 14.2 Å². The van der Waals surface area contributed by atoms with Crippen molar-refractivity contribution in [2.45, 2.75) is 13.0 Å². The van der Waals surface area contributed by atoms with Gasteiger partial charge in [0.1, 0.15) is 16.5 Å². The first-order valence-corrected chi connectivity index (χ1v) is 11.7. The molecule has 1 atom stereocenters. The number of likely N-dealkylation sites (N-methyl/N-ethyl adjacent to an activating group) is 1. The third kappa shape index (κ3) is 5.19. The number of carbonyl (C=O) groups is 2. The van der Waals surface area contributed by atoms with Crippen molar-refractivity contribution in [2.24, 2.45) is 0 Å². The predicted molar refractivity (Wildman–Crippen MR) is 135 cm³/mol. The molecular weight excluding hydrogens is 495 g/mol. The van der Waals surface area contributed by atoms with Gasteiger partial charge < -0.3 is 29.1 Å². The number of methoxy groups -OCH3 is 2. The van der Waals surface area contributed by atoms with Crippen molar-refractivity contribution in [1.82, 2.24) is 9.80 Å². The van der Waals surface area contributed by atoms with E-state index in [0.29, 0.717) is 24.5 Å². The molecule has 1 fully saturated rings. The fraction of sp³-hybridized carbons (Fsp3) is 0.360. The second-order valence-corrected chi connectivity index (χ2v) is 8.87. The Hall–Kier alpha value is -2.94. The average Bonchev–Trinajstić information content (AvgIpc) is 3.07. The maximum atomic E-state index is 13.3. The molecule has 0 spiro atoms. The number of benzene rings is 2. The molecule has 0 bridgehead atoms. The third-order valence-electron chi connectivity index (χ3n) is 5.61. The first kappa shape index (κ1) is 26.7. The van der Waals surface area contributed by atoms with E-state index in [2.05, 4.69) is 0 Å².